The van der Waals surface area contributed by atoms with E-state index >= 15 is 0 Å². The van der Waals surface area contributed by atoms with Crippen LogP contribution in [-0.2, 0) is 5.75 Å². The molecule has 0 fully saturated rings. The number of nitrogens with zero attached hydrogens (tertiary/aromatic N) is 3. The maximum absolute atomic E-state index is 11.3. The molecular weight excluding hydrogens is 278 g/mol. The summed E-state index contributed by atoms with van der Waals surface area (Å²) in [5, 5.41) is 12.1. The molecule has 0 bridgehead atoms. The van der Waals surface area contributed by atoms with E-state index < -0.39 is 0 Å². The molecule has 20 heavy (non-hydrogen) atoms. The second-order valence-corrected chi connectivity index (χ2v) is 4.98. The van der Waals surface area contributed by atoms with E-state index in [-0.39, 0.29) is 11.4 Å². The Labute approximate surface area is 119 Å². The van der Waals surface area contributed by atoms with E-state index in [1.165, 1.54) is 17.8 Å². The first-order valence-corrected chi connectivity index (χ1v) is 6.70. The van der Waals surface area contributed by atoms with Gasteiger partial charge in [0.1, 0.15) is 5.69 Å². The first kappa shape index (κ1) is 14.1. The average Bonchev–Trinajstić information content (AvgIpc) is 2.43. The average molecular weight is 291 g/mol. The third-order valence-electron chi connectivity index (χ3n) is 2.42. The second kappa shape index (κ2) is 6.20. The number of oxime groups is 1. The highest BCUT2D eigenvalue weighted by molar-refractivity contribution is 7.98. The van der Waals surface area contributed by atoms with Crippen molar-refractivity contribution < 1.29 is 5.21 Å². The van der Waals surface area contributed by atoms with E-state index in [0.717, 1.165) is 5.56 Å². The molecule has 0 saturated heterocycles. The van der Waals surface area contributed by atoms with Crippen LogP contribution in [0.4, 0.5) is 0 Å². The number of H-pyrrole nitrogens is 1. The number of rotatable bonds is 4. The number of aryl methyl sites for hydroxylation is 1. The number of aromatic amines is 1. The Morgan fingerprint density at radius 1 is 1.55 bits per heavy atom. The molecule has 0 atom stereocenters. The van der Waals surface area contributed by atoms with Crippen molar-refractivity contribution in [3.05, 3.63) is 51.7 Å². The van der Waals surface area contributed by atoms with Crippen LogP contribution in [-0.4, -0.2) is 26.0 Å². The van der Waals surface area contributed by atoms with Gasteiger partial charge >= 0.3 is 0 Å². The first-order valence-electron chi connectivity index (χ1n) is 5.72. The molecule has 0 spiro atoms. The van der Waals surface area contributed by atoms with Crippen LogP contribution in [0.2, 0.25) is 0 Å². The fourth-order valence-corrected chi connectivity index (χ4v) is 2.39. The molecule has 2 aromatic heterocycles. The summed E-state index contributed by atoms with van der Waals surface area (Å²) in [6.45, 7) is 1.77. The van der Waals surface area contributed by atoms with Crippen LogP contribution >= 0.6 is 11.8 Å². The Balaban J connectivity index is 2.13. The number of nitrogens with one attached hydrogen (secondary N) is 1. The molecule has 2 aromatic rings. The van der Waals surface area contributed by atoms with Gasteiger partial charge in [-0.2, -0.15) is 0 Å². The molecular formula is C12H13N5O2S. The molecule has 104 valence electrons. The molecule has 8 heteroatoms. The molecule has 7 nitrogen and oxygen atoms in total. The van der Waals surface area contributed by atoms with Crippen molar-refractivity contribution in [2.75, 3.05) is 0 Å². The molecule has 0 unspecified atom stereocenters. The van der Waals surface area contributed by atoms with Gasteiger partial charge in [0.15, 0.2) is 11.0 Å². The van der Waals surface area contributed by atoms with E-state index in [1.54, 1.807) is 19.2 Å². The van der Waals surface area contributed by atoms with Crippen molar-refractivity contribution >= 4 is 17.6 Å². The molecule has 2 heterocycles. The number of pyridine rings is 1. The summed E-state index contributed by atoms with van der Waals surface area (Å²) < 4.78 is 0. The van der Waals surface area contributed by atoms with E-state index in [1.807, 2.05) is 6.07 Å². The lowest BCUT2D eigenvalue weighted by atomic mass is 10.2. The van der Waals surface area contributed by atoms with Crippen molar-refractivity contribution in [3.63, 3.8) is 0 Å². The highest BCUT2D eigenvalue weighted by Gasteiger charge is 2.04. The van der Waals surface area contributed by atoms with Crippen LogP contribution in [0.25, 0.3) is 0 Å². The van der Waals surface area contributed by atoms with Gasteiger partial charge in [0.05, 0.1) is 0 Å². The minimum atomic E-state index is -0.174. The zero-order chi connectivity index (χ0) is 14.5. The standard InChI is InChI=1S/C12H13N5O2S/c1-7-4-10(18)16-12(15-7)20-6-8-2-3-14-9(5-8)11(13)17-19/h2-5,19H,6H2,1H3,(H2,13,17)(H,15,16,18). The SMILES string of the molecule is Cc1cc(=O)[nH]c(SCc2ccnc(C(N)=NO)c2)n1. The predicted molar refractivity (Wildman–Crippen MR) is 75.9 cm³/mol. The number of nitrogens with two attached hydrogens (primary N) is 1. The van der Waals surface area contributed by atoms with Gasteiger partial charge in [-0.3, -0.25) is 9.78 Å². The summed E-state index contributed by atoms with van der Waals surface area (Å²) in [5.74, 6) is 0.541. The van der Waals surface area contributed by atoms with Crippen molar-refractivity contribution in [2.24, 2.45) is 10.9 Å². The van der Waals surface area contributed by atoms with Gasteiger partial charge in [-0.25, -0.2) is 4.98 Å². The molecule has 4 N–H and O–H groups in total. The Morgan fingerprint density at radius 2 is 2.35 bits per heavy atom. The molecule has 0 aromatic carbocycles. The predicted octanol–water partition coefficient (Wildman–Crippen LogP) is 0.860. The molecule has 0 radical (unpaired) electrons. The number of hydrogen-bond acceptors (Lipinski definition) is 6. The minimum Gasteiger partial charge on any atom is -0.409 e. The zero-order valence-electron chi connectivity index (χ0n) is 10.7. The van der Waals surface area contributed by atoms with Crippen LogP contribution in [0.5, 0.6) is 0 Å². The van der Waals surface area contributed by atoms with Crippen LogP contribution in [0.3, 0.4) is 0 Å². The van der Waals surface area contributed by atoms with E-state index in [0.29, 0.717) is 22.3 Å². The van der Waals surface area contributed by atoms with Crippen molar-refractivity contribution in [1.29, 1.82) is 0 Å². The maximum Gasteiger partial charge on any atom is 0.251 e. The Hall–Kier alpha value is -2.35. The molecule has 2 rings (SSSR count). The van der Waals surface area contributed by atoms with E-state index in [4.69, 9.17) is 10.9 Å². The van der Waals surface area contributed by atoms with Gasteiger partial charge < -0.3 is 15.9 Å². The highest BCUT2D eigenvalue weighted by Crippen LogP contribution is 2.18. The number of aromatic nitrogens is 3. The van der Waals surface area contributed by atoms with Crippen molar-refractivity contribution in [1.82, 2.24) is 15.0 Å². The molecule has 0 amide bonds. The van der Waals surface area contributed by atoms with Crippen LogP contribution in [0.15, 0.2) is 39.5 Å². The monoisotopic (exact) mass is 291 g/mol. The van der Waals surface area contributed by atoms with E-state index in [2.05, 4.69) is 20.1 Å². The summed E-state index contributed by atoms with van der Waals surface area (Å²) in [4.78, 5) is 22.2. The molecule has 0 aliphatic heterocycles. The van der Waals surface area contributed by atoms with Crippen LogP contribution < -0.4 is 11.3 Å². The van der Waals surface area contributed by atoms with E-state index in [9.17, 15) is 4.79 Å². The van der Waals surface area contributed by atoms with Gasteiger partial charge in [0.25, 0.3) is 5.56 Å². The largest absolute Gasteiger partial charge is 0.409 e. The van der Waals surface area contributed by atoms with Gasteiger partial charge in [0.2, 0.25) is 0 Å². The number of amidine groups is 1. The topological polar surface area (TPSA) is 117 Å². The normalized spacial score (nSPS) is 11.6. The number of thioether (sulfide) groups is 1. The van der Waals surface area contributed by atoms with Crippen molar-refractivity contribution in [2.45, 2.75) is 17.8 Å². The van der Waals surface area contributed by atoms with Gasteiger partial charge in [-0.05, 0) is 24.6 Å². The van der Waals surface area contributed by atoms with Gasteiger partial charge in [-0.15, -0.1) is 0 Å². The third-order valence-corrected chi connectivity index (χ3v) is 3.36. The van der Waals surface area contributed by atoms with Crippen molar-refractivity contribution in [3.8, 4) is 0 Å². The molecule has 0 aliphatic carbocycles. The lowest BCUT2D eigenvalue weighted by molar-refractivity contribution is 0.318. The molecule has 0 aliphatic rings. The third kappa shape index (κ3) is 3.58. The molecule has 0 saturated carbocycles. The van der Waals surface area contributed by atoms with Gasteiger partial charge in [0, 0.05) is 23.7 Å². The zero-order valence-corrected chi connectivity index (χ0v) is 11.5. The lowest BCUT2D eigenvalue weighted by Crippen LogP contribution is -2.15. The fourth-order valence-electron chi connectivity index (χ4n) is 1.53. The minimum absolute atomic E-state index is 0.0427. The Morgan fingerprint density at radius 3 is 3.05 bits per heavy atom. The Kier molecular flexibility index (Phi) is 4.36. The first-order chi connectivity index (χ1) is 9.58. The summed E-state index contributed by atoms with van der Waals surface area (Å²) in [5.41, 5.74) is 7.30. The summed E-state index contributed by atoms with van der Waals surface area (Å²) >= 11 is 1.39. The summed E-state index contributed by atoms with van der Waals surface area (Å²) in [6, 6.07) is 4.97. The highest BCUT2D eigenvalue weighted by atomic mass is 32.2. The summed E-state index contributed by atoms with van der Waals surface area (Å²) in [6.07, 6.45) is 1.58. The quantitative estimate of drug-likeness (QED) is 0.192. The lowest BCUT2D eigenvalue weighted by Gasteiger charge is -2.04. The van der Waals surface area contributed by atoms with Gasteiger partial charge in [-0.1, -0.05) is 16.9 Å². The second-order valence-electron chi connectivity index (χ2n) is 4.02. The smallest absolute Gasteiger partial charge is 0.251 e. The summed E-state index contributed by atoms with van der Waals surface area (Å²) in [7, 11) is 0. The fraction of sp³-hybridized carbons (Fsp3) is 0.167. The van der Waals surface area contributed by atoms with Crippen LogP contribution in [0.1, 0.15) is 17.0 Å². The Bertz CT molecular complexity index is 698. The number of hydrogen-bond donors (Lipinski definition) is 3. The maximum atomic E-state index is 11.3. The van der Waals surface area contributed by atoms with Crippen LogP contribution in [0, 0.1) is 6.92 Å².